The zero-order valence-electron chi connectivity index (χ0n) is 15.4. The van der Waals surface area contributed by atoms with Gasteiger partial charge in [0.1, 0.15) is 18.5 Å². The zero-order chi connectivity index (χ0) is 18.5. The van der Waals surface area contributed by atoms with Crippen molar-refractivity contribution in [3.05, 3.63) is 90.0 Å². The molecule has 0 bridgehead atoms. The third kappa shape index (κ3) is 4.38. The summed E-state index contributed by atoms with van der Waals surface area (Å²) in [6, 6.07) is 26.8. The first-order valence-electron chi connectivity index (χ1n) is 9.54. The molecule has 0 aliphatic carbocycles. The number of β-amino-alcohol motifs (C(OH)–C–C–N with tert-alkyl or cyclic N) is 1. The van der Waals surface area contributed by atoms with Gasteiger partial charge in [0.05, 0.1) is 0 Å². The maximum Gasteiger partial charge on any atom is 0.127 e. The Morgan fingerprint density at radius 2 is 1.56 bits per heavy atom. The number of rotatable bonds is 6. The topological polar surface area (TPSA) is 32.7 Å². The molecule has 1 N–H and O–H groups in total. The van der Waals surface area contributed by atoms with Crippen LogP contribution in [0.25, 0.3) is 11.1 Å². The summed E-state index contributed by atoms with van der Waals surface area (Å²) in [5.74, 6) is 0.812. The Kier molecular flexibility index (Phi) is 5.52. The van der Waals surface area contributed by atoms with Crippen molar-refractivity contribution >= 4 is 0 Å². The second kappa shape index (κ2) is 8.38. The minimum Gasteiger partial charge on any atom is -0.490 e. The molecule has 0 saturated carbocycles. The molecule has 1 unspecified atom stereocenters. The van der Waals surface area contributed by atoms with E-state index in [1.54, 1.807) is 0 Å². The lowest BCUT2D eigenvalue weighted by Crippen LogP contribution is -2.38. The van der Waals surface area contributed by atoms with E-state index < -0.39 is 6.10 Å². The van der Waals surface area contributed by atoms with Crippen LogP contribution in [0, 0.1) is 0 Å². The molecular weight excluding hydrogens is 334 g/mol. The maximum atomic E-state index is 10.5. The standard InChI is InChI=1S/C24H25NO2/c26-22(17-25-15-14-19-8-4-5-11-21(19)16-25)18-27-24-13-7-6-12-23(24)20-9-2-1-3-10-20/h1-13,22,26H,14-18H2. The Balaban J connectivity index is 1.36. The molecule has 3 aromatic carbocycles. The zero-order valence-corrected chi connectivity index (χ0v) is 15.4. The summed E-state index contributed by atoms with van der Waals surface area (Å²) in [5.41, 5.74) is 4.97. The van der Waals surface area contributed by atoms with Gasteiger partial charge in [-0.15, -0.1) is 0 Å². The van der Waals surface area contributed by atoms with Crippen molar-refractivity contribution in [1.82, 2.24) is 4.90 Å². The van der Waals surface area contributed by atoms with Crippen LogP contribution in [0.3, 0.4) is 0 Å². The molecule has 0 saturated heterocycles. The molecule has 1 aliphatic rings. The fourth-order valence-electron chi connectivity index (χ4n) is 3.70. The normalized spacial score (nSPS) is 15.1. The van der Waals surface area contributed by atoms with Crippen molar-refractivity contribution in [2.45, 2.75) is 19.1 Å². The van der Waals surface area contributed by atoms with E-state index in [1.807, 2.05) is 36.4 Å². The molecule has 0 aromatic heterocycles. The highest BCUT2D eigenvalue weighted by atomic mass is 16.5. The van der Waals surface area contributed by atoms with Gasteiger partial charge in [0.2, 0.25) is 0 Å². The Labute approximate surface area is 160 Å². The molecule has 1 aliphatic heterocycles. The van der Waals surface area contributed by atoms with E-state index in [4.69, 9.17) is 4.74 Å². The number of benzene rings is 3. The minimum absolute atomic E-state index is 0.294. The number of para-hydroxylation sites is 1. The minimum atomic E-state index is -0.515. The molecule has 3 heteroatoms. The van der Waals surface area contributed by atoms with Crippen LogP contribution in [0.2, 0.25) is 0 Å². The van der Waals surface area contributed by atoms with Crippen LogP contribution in [-0.4, -0.2) is 35.8 Å². The van der Waals surface area contributed by atoms with Crippen molar-refractivity contribution in [3.8, 4) is 16.9 Å². The Morgan fingerprint density at radius 1 is 0.852 bits per heavy atom. The molecule has 4 rings (SSSR count). The molecule has 1 atom stereocenters. The third-order valence-corrected chi connectivity index (χ3v) is 5.08. The number of nitrogens with zero attached hydrogens (tertiary/aromatic N) is 1. The van der Waals surface area contributed by atoms with E-state index in [-0.39, 0.29) is 0 Å². The van der Waals surface area contributed by atoms with Gasteiger partial charge >= 0.3 is 0 Å². The number of hydrogen-bond acceptors (Lipinski definition) is 3. The van der Waals surface area contributed by atoms with Gasteiger partial charge < -0.3 is 9.84 Å². The molecule has 0 fully saturated rings. The van der Waals surface area contributed by atoms with Gasteiger partial charge in [-0.1, -0.05) is 72.8 Å². The maximum absolute atomic E-state index is 10.5. The fraction of sp³-hybridized carbons (Fsp3) is 0.250. The van der Waals surface area contributed by atoms with Crippen LogP contribution >= 0.6 is 0 Å². The van der Waals surface area contributed by atoms with Gasteiger partial charge in [-0.3, -0.25) is 4.90 Å². The number of aliphatic hydroxyl groups excluding tert-OH is 1. The highest BCUT2D eigenvalue weighted by Gasteiger charge is 2.19. The average molecular weight is 359 g/mol. The third-order valence-electron chi connectivity index (χ3n) is 5.08. The first-order valence-corrected chi connectivity index (χ1v) is 9.54. The van der Waals surface area contributed by atoms with Gasteiger partial charge in [0.25, 0.3) is 0 Å². The van der Waals surface area contributed by atoms with Crippen LogP contribution in [-0.2, 0) is 13.0 Å². The summed E-state index contributed by atoms with van der Waals surface area (Å²) in [7, 11) is 0. The summed E-state index contributed by atoms with van der Waals surface area (Å²) < 4.78 is 5.99. The number of hydrogen-bond donors (Lipinski definition) is 1. The van der Waals surface area contributed by atoms with Gasteiger partial charge in [-0.05, 0) is 29.2 Å². The van der Waals surface area contributed by atoms with Crippen LogP contribution < -0.4 is 4.74 Å². The molecule has 0 radical (unpaired) electrons. The van der Waals surface area contributed by atoms with Crippen LogP contribution in [0.1, 0.15) is 11.1 Å². The van der Waals surface area contributed by atoms with Gasteiger partial charge in [0.15, 0.2) is 0 Å². The van der Waals surface area contributed by atoms with Gasteiger partial charge in [-0.25, -0.2) is 0 Å². The van der Waals surface area contributed by atoms with Crippen molar-refractivity contribution in [2.24, 2.45) is 0 Å². The number of ether oxygens (including phenoxy) is 1. The van der Waals surface area contributed by atoms with Crippen LogP contribution in [0.4, 0.5) is 0 Å². The Bertz CT molecular complexity index is 878. The van der Waals surface area contributed by atoms with E-state index in [9.17, 15) is 5.11 Å². The van der Waals surface area contributed by atoms with Crippen molar-refractivity contribution in [3.63, 3.8) is 0 Å². The highest BCUT2D eigenvalue weighted by Crippen LogP contribution is 2.29. The SMILES string of the molecule is OC(COc1ccccc1-c1ccccc1)CN1CCc2ccccc2C1. The largest absolute Gasteiger partial charge is 0.490 e. The van der Waals surface area contributed by atoms with E-state index >= 15 is 0 Å². The molecule has 0 spiro atoms. The van der Waals surface area contributed by atoms with Crippen LogP contribution in [0.5, 0.6) is 5.75 Å². The fourth-order valence-corrected chi connectivity index (χ4v) is 3.70. The smallest absolute Gasteiger partial charge is 0.127 e. The second-order valence-corrected chi connectivity index (χ2v) is 7.08. The van der Waals surface area contributed by atoms with Crippen molar-refractivity contribution in [1.29, 1.82) is 0 Å². The second-order valence-electron chi connectivity index (χ2n) is 7.08. The first-order chi connectivity index (χ1) is 13.3. The Morgan fingerprint density at radius 3 is 2.41 bits per heavy atom. The summed E-state index contributed by atoms with van der Waals surface area (Å²) in [4.78, 5) is 2.31. The van der Waals surface area contributed by atoms with Crippen LogP contribution in [0.15, 0.2) is 78.9 Å². The van der Waals surface area contributed by atoms with E-state index in [0.29, 0.717) is 13.2 Å². The number of aliphatic hydroxyl groups is 1. The van der Waals surface area contributed by atoms with E-state index in [1.165, 1.54) is 11.1 Å². The molecule has 27 heavy (non-hydrogen) atoms. The molecule has 0 amide bonds. The predicted molar refractivity (Wildman–Crippen MR) is 109 cm³/mol. The van der Waals surface area contributed by atoms with Gasteiger partial charge in [-0.2, -0.15) is 0 Å². The van der Waals surface area contributed by atoms with Gasteiger partial charge in [0, 0.05) is 25.2 Å². The monoisotopic (exact) mass is 359 g/mol. The van der Waals surface area contributed by atoms with E-state index in [0.717, 1.165) is 36.4 Å². The van der Waals surface area contributed by atoms with E-state index in [2.05, 4.69) is 47.4 Å². The summed E-state index contributed by atoms with van der Waals surface area (Å²) in [6.45, 7) is 2.80. The molecule has 3 aromatic rings. The quantitative estimate of drug-likeness (QED) is 0.718. The summed E-state index contributed by atoms with van der Waals surface area (Å²) in [6.07, 6.45) is 0.528. The molecular formula is C24H25NO2. The lowest BCUT2D eigenvalue weighted by atomic mass is 10.00. The average Bonchev–Trinajstić information content (AvgIpc) is 2.73. The predicted octanol–water partition coefficient (Wildman–Crippen LogP) is 4.15. The lowest BCUT2D eigenvalue weighted by Gasteiger charge is -2.30. The van der Waals surface area contributed by atoms with Crippen molar-refractivity contribution < 1.29 is 9.84 Å². The first kappa shape index (κ1) is 17.8. The molecule has 1 heterocycles. The molecule has 138 valence electrons. The number of fused-ring (bicyclic) bond motifs is 1. The molecule has 3 nitrogen and oxygen atoms in total. The highest BCUT2D eigenvalue weighted by molar-refractivity contribution is 5.70. The summed E-state index contributed by atoms with van der Waals surface area (Å²) >= 11 is 0. The van der Waals surface area contributed by atoms with Crippen molar-refractivity contribution in [2.75, 3.05) is 19.7 Å². The Hall–Kier alpha value is -2.62. The summed E-state index contributed by atoms with van der Waals surface area (Å²) in [5, 5.41) is 10.5. The lowest BCUT2D eigenvalue weighted by molar-refractivity contribution is 0.0640.